The molecule has 0 saturated carbocycles. The molecule has 5 rings (SSSR count). The SMILES string of the molecule is C=C1C=CC2=C3C(=C4C=CC=C5C=CC(=C)C(C54)C13)CC=C2.CC. The van der Waals surface area contributed by atoms with E-state index in [1.54, 1.807) is 0 Å². The van der Waals surface area contributed by atoms with Crippen molar-refractivity contribution < 1.29 is 0 Å². The van der Waals surface area contributed by atoms with Crippen molar-refractivity contribution in [1.29, 1.82) is 0 Å². The molecule has 0 saturated heterocycles. The van der Waals surface area contributed by atoms with Gasteiger partial charge in [-0.15, -0.1) is 0 Å². The Morgan fingerprint density at radius 2 is 1.67 bits per heavy atom. The Morgan fingerprint density at radius 1 is 0.875 bits per heavy atom. The molecule has 0 bridgehead atoms. The fourth-order valence-electron chi connectivity index (χ4n) is 4.79. The maximum Gasteiger partial charge on any atom is 0.0170 e. The molecule has 0 radical (unpaired) electrons. The minimum absolute atomic E-state index is 0.390. The zero-order valence-corrected chi connectivity index (χ0v) is 14.5. The van der Waals surface area contributed by atoms with Gasteiger partial charge in [-0.1, -0.05) is 87.3 Å². The van der Waals surface area contributed by atoms with E-state index in [1.165, 1.54) is 39.0 Å². The van der Waals surface area contributed by atoms with Gasteiger partial charge in [0.1, 0.15) is 0 Å². The van der Waals surface area contributed by atoms with Crippen molar-refractivity contribution >= 4 is 0 Å². The molecule has 0 spiro atoms. The maximum atomic E-state index is 4.38. The van der Waals surface area contributed by atoms with Crippen LogP contribution in [-0.2, 0) is 0 Å². The summed E-state index contributed by atoms with van der Waals surface area (Å²) in [5.41, 5.74) is 9.83. The van der Waals surface area contributed by atoms with E-state index in [2.05, 4.69) is 67.8 Å². The van der Waals surface area contributed by atoms with Gasteiger partial charge in [-0.3, -0.25) is 0 Å². The minimum Gasteiger partial charge on any atom is -0.0955 e. The molecule has 0 fully saturated rings. The van der Waals surface area contributed by atoms with E-state index in [4.69, 9.17) is 0 Å². The Balaban J connectivity index is 0.000000704. The average molecular weight is 312 g/mol. The van der Waals surface area contributed by atoms with E-state index in [9.17, 15) is 0 Å². The highest BCUT2D eigenvalue weighted by Gasteiger charge is 2.46. The fraction of sp³-hybridized carbons (Fsp3) is 0.250. The average Bonchev–Trinajstić information content (AvgIpc) is 2.63. The summed E-state index contributed by atoms with van der Waals surface area (Å²) in [6.07, 6.45) is 21.3. The third-order valence-electron chi connectivity index (χ3n) is 5.69. The van der Waals surface area contributed by atoms with Crippen molar-refractivity contribution in [3.63, 3.8) is 0 Å². The third kappa shape index (κ3) is 1.92. The first kappa shape index (κ1) is 15.2. The lowest BCUT2D eigenvalue weighted by molar-refractivity contribution is 0.390. The van der Waals surface area contributed by atoms with E-state index in [0.29, 0.717) is 17.8 Å². The number of rotatable bonds is 0. The Labute approximate surface area is 145 Å². The molecule has 3 unspecified atom stereocenters. The third-order valence-corrected chi connectivity index (χ3v) is 5.69. The first-order valence-corrected chi connectivity index (χ1v) is 9.02. The molecule has 0 amide bonds. The molecule has 0 heteroatoms. The van der Waals surface area contributed by atoms with Crippen LogP contribution in [-0.4, -0.2) is 0 Å². The Hall–Kier alpha value is -2.34. The second kappa shape index (κ2) is 5.63. The van der Waals surface area contributed by atoms with Gasteiger partial charge in [0.15, 0.2) is 0 Å². The number of hydrogen-bond acceptors (Lipinski definition) is 0. The van der Waals surface area contributed by atoms with Crippen molar-refractivity contribution in [1.82, 2.24) is 0 Å². The zero-order chi connectivity index (χ0) is 16.8. The molecule has 0 aromatic rings. The first-order chi connectivity index (χ1) is 11.8. The maximum absolute atomic E-state index is 4.38. The molecule has 0 nitrogen and oxygen atoms in total. The minimum atomic E-state index is 0.390. The topological polar surface area (TPSA) is 0 Å². The smallest absolute Gasteiger partial charge is 0.0170 e. The van der Waals surface area contributed by atoms with Gasteiger partial charge < -0.3 is 0 Å². The lowest BCUT2D eigenvalue weighted by Gasteiger charge is -2.48. The monoisotopic (exact) mass is 312 g/mol. The second-order valence-corrected chi connectivity index (χ2v) is 6.73. The van der Waals surface area contributed by atoms with Crippen LogP contribution >= 0.6 is 0 Å². The lowest BCUT2D eigenvalue weighted by Crippen LogP contribution is -2.38. The van der Waals surface area contributed by atoms with Crippen LogP contribution in [0.4, 0.5) is 0 Å². The summed E-state index contributed by atoms with van der Waals surface area (Å²) in [6.45, 7) is 12.8. The van der Waals surface area contributed by atoms with Crippen LogP contribution in [0.3, 0.4) is 0 Å². The van der Waals surface area contributed by atoms with Gasteiger partial charge in [0.25, 0.3) is 0 Å². The summed E-state index contributed by atoms with van der Waals surface area (Å²) >= 11 is 0. The highest BCUT2D eigenvalue weighted by molar-refractivity contribution is 5.67. The summed E-state index contributed by atoms with van der Waals surface area (Å²) < 4.78 is 0. The van der Waals surface area contributed by atoms with Crippen molar-refractivity contribution in [2.24, 2.45) is 17.8 Å². The van der Waals surface area contributed by atoms with Crippen molar-refractivity contribution in [3.05, 3.63) is 107 Å². The van der Waals surface area contributed by atoms with E-state index in [-0.39, 0.29) is 0 Å². The van der Waals surface area contributed by atoms with Crippen molar-refractivity contribution in [3.8, 4) is 0 Å². The van der Waals surface area contributed by atoms with E-state index in [1.807, 2.05) is 13.8 Å². The first-order valence-electron chi connectivity index (χ1n) is 9.02. The van der Waals surface area contributed by atoms with Gasteiger partial charge in [0.2, 0.25) is 0 Å². The predicted molar refractivity (Wildman–Crippen MR) is 103 cm³/mol. The van der Waals surface area contributed by atoms with Gasteiger partial charge >= 0.3 is 0 Å². The standard InChI is InChI=1S/C22H18.C2H6/c1-13-9-11-15-5-3-7-17-18-8-4-6-16-12-10-14(2)20(22(16)18)19(13)21(15)17;1-2/h3-7,9-12,19-21H,1-2,8H2;1-2H3. The van der Waals surface area contributed by atoms with Crippen LogP contribution in [0, 0.1) is 17.8 Å². The van der Waals surface area contributed by atoms with Crippen LogP contribution in [0.2, 0.25) is 0 Å². The van der Waals surface area contributed by atoms with E-state index >= 15 is 0 Å². The summed E-state index contributed by atoms with van der Waals surface area (Å²) in [4.78, 5) is 0. The Kier molecular flexibility index (Phi) is 3.57. The van der Waals surface area contributed by atoms with Crippen LogP contribution in [0.5, 0.6) is 0 Å². The van der Waals surface area contributed by atoms with Gasteiger partial charge in [-0.05, 0) is 39.9 Å². The van der Waals surface area contributed by atoms with E-state index in [0.717, 1.165) is 6.42 Å². The second-order valence-electron chi connectivity index (χ2n) is 6.73. The summed E-state index contributed by atoms with van der Waals surface area (Å²) in [7, 11) is 0. The Morgan fingerprint density at radius 3 is 2.50 bits per heavy atom. The van der Waals surface area contributed by atoms with Crippen LogP contribution in [0.15, 0.2) is 107 Å². The summed E-state index contributed by atoms with van der Waals surface area (Å²) in [5.74, 6) is 1.28. The molecule has 0 heterocycles. The van der Waals surface area contributed by atoms with Gasteiger partial charge in [0, 0.05) is 17.8 Å². The van der Waals surface area contributed by atoms with Crippen LogP contribution < -0.4 is 0 Å². The lowest BCUT2D eigenvalue weighted by atomic mass is 9.55. The largest absolute Gasteiger partial charge is 0.0955 e. The molecular weight excluding hydrogens is 288 g/mol. The van der Waals surface area contributed by atoms with Crippen molar-refractivity contribution in [2.75, 3.05) is 0 Å². The molecule has 5 aliphatic rings. The normalized spacial score (nSPS) is 31.4. The summed E-state index contributed by atoms with van der Waals surface area (Å²) in [5, 5.41) is 0. The molecule has 24 heavy (non-hydrogen) atoms. The molecule has 0 aromatic carbocycles. The van der Waals surface area contributed by atoms with E-state index < -0.39 is 0 Å². The molecular formula is C24H24. The Bertz CT molecular complexity index is 842. The van der Waals surface area contributed by atoms with Crippen LogP contribution in [0.1, 0.15) is 20.3 Å². The van der Waals surface area contributed by atoms with Gasteiger partial charge in [-0.25, -0.2) is 0 Å². The quantitative estimate of drug-likeness (QED) is 0.501. The summed E-state index contributed by atoms with van der Waals surface area (Å²) in [6, 6.07) is 0. The van der Waals surface area contributed by atoms with Crippen LogP contribution in [0.25, 0.3) is 0 Å². The predicted octanol–water partition coefficient (Wildman–Crippen LogP) is 6.18. The molecule has 0 aliphatic heterocycles. The number of allylic oxidation sites excluding steroid dienone is 16. The van der Waals surface area contributed by atoms with Crippen molar-refractivity contribution in [2.45, 2.75) is 20.3 Å². The fourth-order valence-corrected chi connectivity index (χ4v) is 4.79. The highest BCUT2D eigenvalue weighted by atomic mass is 14.5. The molecule has 0 N–H and O–H groups in total. The molecule has 120 valence electrons. The van der Waals surface area contributed by atoms with Gasteiger partial charge in [-0.2, -0.15) is 0 Å². The number of hydrogen-bond donors (Lipinski definition) is 0. The number of fused-ring (bicyclic) bond motifs is 1. The highest BCUT2D eigenvalue weighted by Crippen LogP contribution is 2.57. The van der Waals surface area contributed by atoms with Gasteiger partial charge in [0.05, 0.1) is 0 Å². The molecule has 3 atom stereocenters. The molecule has 0 aromatic heterocycles. The molecule has 5 aliphatic carbocycles. The zero-order valence-electron chi connectivity index (χ0n) is 14.5.